The second kappa shape index (κ2) is 16.9. The fraction of sp³-hybridized carbons (Fsp3) is 0.268. The van der Waals surface area contributed by atoms with E-state index in [4.69, 9.17) is 19.9 Å². The number of carbonyl (C=O) groups excluding carboxylic acids is 3. The summed E-state index contributed by atoms with van der Waals surface area (Å²) in [5.41, 5.74) is 8.32. The van der Waals surface area contributed by atoms with Crippen LogP contribution >= 0.6 is 0 Å². The van der Waals surface area contributed by atoms with Crippen molar-refractivity contribution in [1.29, 1.82) is 0 Å². The molecule has 1 aromatic heterocycles. The molecular weight excluding hydrogens is 723 g/mol. The molecule has 0 fully saturated rings. The van der Waals surface area contributed by atoms with E-state index in [1.165, 1.54) is 48.5 Å². The number of hydrogen-bond acceptors (Lipinski definition) is 10. The van der Waals surface area contributed by atoms with Crippen molar-refractivity contribution >= 4 is 50.0 Å². The summed E-state index contributed by atoms with van der Waals surface area (Å²) < 4.78 is 44.7. The number of methoxy groups -OCH3 is 1. The van der Waals surface area contributed by atoms with Crippen LogP contribution < -0.4 is 25.8 Å². The molecule has 4 N–H and O–H groups in total. The fourth-order valence-corrected chi connectivity index (χ4v) is 7.12. The van der Waals surface area contributed by atoms with E-state index in [1.54, 1.807) is 65.1 Å². The number of sulfone groups is 1. The second-order valence-electron chi connectivity index (χ2n) is 13.8. The Morgan fingerprint density at radius 3 is 2.33 bits per heavy atom. The number of nitrogens with zero attached hydrogens (tertiary/aromatic N) is 2. The number of pyridine rings is 1. The largest absolute Gasteiger partial charge is 0.497 e. The lowest BCUT2D eigenvalue weighted by Gasteiger charge is -2.19. The summed E-state index contributed by atoms with van der Waals surface area (Å²) in [6.07, 6.45) is 1.51. The fourth-order valence-electron chi connectivity index (χ4n) is 5.70. The van der Waals surface area contributed by atoms with E-state index >= 15 is 0 Å². The number of benzene rings is 4. The Kier molecular flexibility index (Phi) is 12.3. The molecule has 0 bridgehead atoms. The smallest absolute Gasteiger partial charge is 0.407 e. The Morgan fingerprint density at radius 2 is 1.64 bits per heavy atom. The zero-order valence-electron chi connectivity index (χ0n) is 31.6. The number of rotatable bonds is 14. The van der Waals surface area contributed by atoms with E-state index < -0.39 is 27.4 Å². The van der Waals surface area contributed by atoms with Crippen molar-refractivity contribution in [1.82, 2.24) is 15.2 Å². The molecule has 0 unspecified atom stereocenters. The molecule has 0 spiro atoms. The van der Waals surface area contributed by atoms with Crippen molar-refractivity contribution < 1.29 is 37.0 Å². The van der Waals surface area contributed by atoms with E-state index in [0.29, 0.717) is 52.3 Å². The second-order valence-corrected chi connectivity index (χ2v) is 15.8. The molecule has 0 aliphatic carbocycles. The predicted molar refractivity (Wildman–Crippen MR) is 210 cm³/mol. The standard InChI is InChI=1S/C41H45N5O8S/c1-26-21-33(24-34-36(26)44-25-35(38(42)47)37(34)45-29-10-8-11-31(23-29)52-6)55(50,51)32-12-7-9-28(22-32)39(48)46(5)19-20-53-30-15-13-27(14-16-30)17-18-43-40(49)54-41(2,3)4/h7-16,21-25H,17-20H2,1-6H3,(H2,42,47)(H,43,49)(H,44,45). The number of aryl methyl sites for hydroxylation is 1. The van der Waals surface area contributed by atoms with Gasteiger partial charge >= 0.3 is 6.09 Å². The minimum atomic E-state index is -4.16. The molecule has 0 radical (unpaired) electrons. The van der Waals surface area contributed by atoms with Crippen molar-refractivity contribution in [3.8, 4) is 11.5 Å². The first-order valence-electron chi connectivity index (χ1n) is 17.5. The van der Waals surface area contributed by atoms with Gasteiger partial charge in [0.1, 0.15) is 23.7 Å². The number of ether oxygens (including phenoxy) is 3. The minimum absolute atomic E-state index is 0.0497. The molecule has 3 amide bonds. The van der Waals surface area contributed by atoms with Crippen LogP contribution in [0.15, 0.2) is 101 Å². The number of amides is 3. The Morgan fingerprint density at radius 1 is 0.909 bits per heavy atom. The number of primary amides is 1. The summed E-state index contributed by atoms with van der Waals surface area (Å²) >= 11 is 0. The Labute approximate surface area is 320 Å². The molecule has 0 saturated carbocycles. The highest BCUT2D eigenvalue weighted by atomic mass is 32.2. The molecule has 5 aromatic rings. The van der Waals surface area contributed by atoms with Crippen molar-refractivity contribution in [2.45, 2.75) is 49.5 Å². The van der Waals surface area contributed by atoms with Crippen LogP contribution in [0.2, 0.25) is 0 Å². The lowest BCUT2D eigenvalue weighted by molar-refractivity contribution is 0.0528. The van der Waals surface area contributed by atoms with Crippen molar-refractivity contribution in [3.05, 3.63) is 113 Å². The van der Waals surface area contributed by atoms with E-state index in [0.717, 1.165) is 5.56 Å². The molecule has 288 valence electrons. The molecule has 13 nitrogen and oxygen atoms in total. The molecular formula is C41H45N5O8S. The first-order valence-corrected chi connectivity index (χ1v) is 19.0. The lowest BCUT2D eigenvalue weighted by atomic mass is 10.1. The van der Waals surface area contributed by atoms with Gasteiger partial charge in [0.25, 0.3) is 11.8 Å². The molecule has 0 saturated heterocycles. The maximum atomic E-state index is 14.1. The van der Waals surface area contributed by atoms with Crippen LogP contribution in [-0.2, 0) is 21.0 Å². The average Bonchev–Trinajstić information content (AvgIpc) is 3.14. The normalized spacial score (nSPS) is 11.5. The molecule has 5 rings (SSSR count). The molecule has 0 aliphatic heterocycles. The Hall–Kier alpha value is -6.15. The summed E-state index contributed by atoms with van der Waals surface area (Å²) in [6, 6.07) is 23.3. The van der Waals surface area contributed by atoms with Gasteiger partial charge in [0.15, 0.2) is 0 Å². The van der Waals surface area contributed by atoms with Gasteiger partial charge in [0, 0.05) is 42.5 Å². The average molecular weight is 768 g/mol. The van der Waals surface area contributed by atoms with Crippen molar-refractivity contribution in [2.24, 2.45) is 5.73 Å². The van der Waals surface area contributed by atoms with Crippen LogP contribution in [0.5, 0.6) is 11.5 Å². The summed E-state index contributed by atoms with van der Waals surface area (Å²) in [7, 11) is -1.01. The summed E-state index contributed by atoms with van der Waals surface area (Å²) in [4.78, 5) is 43.5. The number of alkyl carbamates (subject to hydrolysis) is 1. The summed E-state index contributed by atoms with van der Waals surface area (Å²) in [5.74, 6) is 0.0580. The Bertz CT molecular complexity index is 2320. The highest BCUT2D eigenvalue weighted by molar-refractivity contribution is 7.91. The monoisotopic (exact) mass is 767 g/mol. The van der Waals surface area contributed by atoms with Gasteiger partial charge in [0.05, 0.1) is 40.2 Å². The van der Waals surface area contributed by atoms with Crippen LogP contribution in [0.3, 0.4) is 0 Å². The zero-order valence-corrected chi connectivity index (χ0v) is 32.5. The molecule has 1 heterocycles. The lowest BCUT2D eigenvalue weighted by Crippen LogP contribution is -2.33. The number of nitrogens with one attached hydrogen (secondary N) is 2. The van der Waals surface area contributed by atoms with Crippen LogP contribution in [0.4, 0.5) is 16.2 Å². The van der Waals surface area contributed by atoms with E-state index in [9.17, 15) is 22.8 Å². The first-order chi connectivity index (χ1) is 26.0. The number of likely N-dealkylation sites (N-methyl/N-ethyl adjacent to an activating group) is 1. The molecule has 55 heavy (non-hydrogen) atoms. The van der Waals surface area contributed by atoms with Gasteiger partial charge in [-0.1, -0.05) is 24.3 Å². The van der Waals surface area contributed by atoms with Crippen LogP contribution in [0.25, 0.3) is 10.9 Å². The van der Waals surface area contributed by atoms with Gasteiger partial charge in [0.2, 0.25) is 9.84 Å². The van der Waals surface area contributed by atoms with Gasteiger partial charge in [-0.05, 0) is 99.8 Å². The predicted octanol–water partition coefficient (Wildman–Crippen LogP) is 6.45. The van der Waals surface area contributed by atoms with Gasteiger partial charge in [-0.15, -0.1) is 0 Å². The number of anilines is 2. The van der Waals surface area contributed by atoms with E-state index in [2.05, 4.69) is 15.6 Å². The third-order valence-corrected chi connectivity index (χ3v) is 10.2. The van der Waals surface area contributed by atoms with Gasteiger partial charge < -0.3 is 35.5 Å². The van der Waals surface area contributed by atoms with Crippen molar-refractivity contribution in [2.75, 3.05) is 39.2 Å². The SMILES string of the molecule is COc1cccc(Nc2c(C(N)=O)cnc3c(C)cc(S(=O)(=O)c4cccc(C(=O)N(C)CCOc5ccc(CCNC(=O)OC(C)(C)C)cc5)c4)cc23)c1. The third-order valence-electron chi connectivity index (χ3n) is 8.49. The van der Waals surface area contributed by atoms with Crippen LogP contribution in [-0.4, -0.2) is 75.7 Å². The summed E-state index contributed by atoms with van der Waals surface area (Å²) in [5, 5.41) is 6.31. The molecule has 0 atom stereocenters. The quantitative estimate of drug-likeness (QED) is 0.114. The summed E-state index contributed by atoms with van der Waals surface area (Å²) in [6.45, 7) is 8.00. The number of nitrogens with two attached hydrogens (primary N) is 1. The molecule has 14 heteroatoms. The topological polar surface area (TPSA) is 179 Å². The highest BCUT2D eigenvalue weighted by Gasteiger charge is 2.24. The minimum Gasteiger partial charge on any atom is -0.497 e. The first kappa shape index (κ1) is 40.0. The Balaban J connectivity index is 1.28. The van der Waals surface area contributed by atoms with E-state index in [-0.39, 0.29) is 40.0 Å². The van der Waals surface area contributed by atoms with Crippen LogP contribution in [0.1, 0.15) is 52.6 Å². The third kappa shape index (κ3) is 10.1. The maximum Gasteiger partial charge on any atom is 0.407 e. The number of carbonyl (C=O) groups is 3. The number of fused-ring (bicyclic) bond motifs is 1. The van der Waals surface area contributed by atoms with Crippen molar-refractivity contribution in [3.63, 3.8) is 0 Å². The number of aromatic nitrogens is 1. The maximum absolute atomic E-state index is 14.1. The zero-order chi connectivity index (χ0) is 39.9. The van der Waals surface area contributed by atoms with Gasteiger partial charge in [-0.3, -0.25) is 14.6 Å². The number of hydrogen-bond donors (Lipinski definition) is 3. The van der Waals surface area contributed by atoms with Gasteiger partial charge in [-0.25, -0.2) is 13.2 Å². The van der Waals surface area contributed by atoms with Crippen LogP contribution in [0, 0.1) is 6.92 Å². The highest BCUT2D eigenvalue weighted by Crippen LogP contribution is 2.35. The molecule has 0 aliphatic rings. The van der Waals surface area contributed by atoms with Gasteiger partial charge in [-0.2, -0.15) is 0 Å². The molecule has 4 aromatic carbocycles. The van der Waals surface area contributed by atoms with E-state index in [1.807, 2.05) is 24.3 Å².